The van der Waals surface area contributed by atoms with Gasteiger partial charge in [0.2, 0.25) is 11.1 Å². The molecule has 2 amide bonds. The molecule has 2 aromatic rings. The summed E-state index contributed by atoms with van der Waals surface area (Å²) >= 11 is 4.16. The van der Waals surface area contributed by atoms with Crippen molar-refractivity contribution < 1.29 is 49.0 Å². The zero-order chi connectivity index (χ0) is 20.5. The van der Waals surface area contributed by atoms with Crippen LogP contribution in [0.25, 0.3) is 0 Å². The average molecular weight is 475 g/mol. The monoisotopic (exact) mass is 474 g/mol. The molecule has 2 aromatic heterocycles. The minimum atomic E-state index is -1.40. The first-order valence-electron chi connectivity index (χ1n) is 8.50. The number of carboxylic acids is 1. The van der Waals surface area contributed by atoms with Crippen molar-refractivity contribution in [3.05, 3.63) is 33.7 Å². The first kappa shape index (κ1) is 23.3. The molecule has 152 valence electrons. The standard InChI is InChI=1S/C16H16N6O4S3.Na/c1-21-16(18-19-20-21)29-7-8-6-28-14-11(13(24)22(14)12(8)15(25)26)17-10(23)5-9-3-2-4-27-9;/h2-4,11,14H,5-7H2,1H3,(H,17,23)(H,25,26);/q;+1/p-1/t11?,14-;/m1./s1. The fraction of sp³-hybridized carbons (Fsp3) is 0.375. The molecule has 0 radical (unpaired) electrons. The van der Waals surface area contributed by atoms with E-state index in [0.717, 1.165) is 4.88 Å². The van der Waals surface area contributed by atoms with Crippen LogP contribution in [0.5, 0.6) is 0 Å². The Hall–Kier alpha value is -1.38. The molecule has 1 N–H and O–H groups in total. The largest absolute Gasteiger partial charge is 1.00 e. The smallest absolute Gasteiger partial charge is 0.543 e. The molecule has 1 fully saturated rings. The Morgan fingerprint density at radius 3 is 2.87 bits per heavy atom. The van der Waals surface area contributed by atoms with Crippen molar-refractivity contribution in [1.82, 2.24) is 30.4 Å². The van der Waals surface area contributed by atoms with Crippen molar-refractivity contribution in [2.24, 2.45) is 7.05 Å². The van der Waals surface area contributed by atoms with Gasteiger partial charge in [-0.15, -0.1) is 28.2 Å². The Kier molecular flexibility index (Phi) is 7.63. The molecule has 10 nitrogen and oxygen atoms in total. The number of carbonyl (C=O) groups excluding carboxylic acids is 3. The summed E-state index contributed by atoms with van der Waals surface area (Å²) in [6, 6.07) is 2.97. The number of fused-ring (bicyclic) bond motifs is 1. The number of rotatable bonds is 7. The molecular formula is C16H15N6NaO4S3. The summed E-state index contributed by atoms with van der Waals surface area (Å²) in [6.07, 6.45) is 0.190. The molecule has 4 rings (SSSR count). The summed E-state index contributed by atoms with van der Waals surface area (Å²) in [5, 5.41) is 27.6. The Bertz CT molecular complexity index is 995. The fourth-order valence-electron chi connectivity index (χ4n) is 3.07. The van der Waals surface area contributed by atoms with E-state index in [1.54, 1.807) is 7.05 Å². The van der Waals surface area contributed by atoms with Crippen molar-refractivity contribution in [3.63, 3.8) is 0 Å². The summed E-state index contributed by atoms with van der Waals surface area (Å²) in [7, 11) is 1.68. The molecule has 14 heteroatoms. The molecule has 2 aliphatic rings. The van der Waals surface area contributed by atoms with Crippen LogP contribution in [0.1, 0.15) is 4.88 Å². The number of aromatic nitrogens is 4. The summed E-state index contributed by atoms with van der Waals surface area (Å²) < 4.78 is 1.48. The summed E-state index contributed by atoms with van der Waals surface area (Å²) in [5.74, 6) is -1.38. The van der Waals surface area contributed by atoms with Crippen molar-refractivity contribution >= 4 is 52.6 Å². The van der Waals surface area contributed by atoms with Crippen LogP contribution in [0.3, 0.4) is 0 Å². The van der Waals surface area contributed by atoms with Crippen LogP contribution in [-0.4, -0.2) is 65.8 Å². The number of hydrogen-bond acceptors (Lipinski definition) is 10. The van der Waals surface area contributed by atoms with Crippen molar-refractivity contribution in [3.8, 4) is 0 Å². The van der Waals surface area contributed by atoms with E-state index >= 15 is 0 Å². The topological polar surface area (TPSA) is 133 Å². The third kappa shape index (κ3) is 4.60. The predicted octanol–water partition coefficient (Wildman–Crippen LogP) is -3.99. The van der Waals surface area contributed by atoms with E-state index in [9.17, 15) is 19.5 Å². The molecule has 2 aliphatic heterocycles. The normalized spacial score (nSPS) is 20.3. The summed E-state index contributed by atoms with van der Waals surface area (Å²) in [4.78, 5) is 38.7. The van der Waals surface area contributed by atoms with Gasteiger partial charge < -0.3 is 15.2 Å². The van der Waals surface area contributed by atoms with Crippen molar-refractivity contribution in [2.45, 2.75) is 23.0 Å². The van der Waals surface area contributed by atoms with E-state index < -0.39 is 23.3 Å². The maximum absolute atomic E-state index is 12.6. The van der Waals surface area contributed by atoms with Gasteiger partial charge in [-0.25, -0.2) is 4.68 Å². The number of amides is 2. The number of aliphatic carboxylic acids is 1. The van der Waals surface area contributed by atoms with E-state index in [2.05, 4.69) is 20.8 Å². The molecule has 0 saturated carbocycles. The van der Waals surface area contributed by atoms with Gasteiger partial charge in [-0.05, 0) is 27.4 Å². The van der Waals surface area contributed by atoms with Gasteiger partial charge in [-0.1, -0.05) is 17.8 Å². The third-order valence-corrected chi connectivity index (χ3v) is 7.74. The first-order valence-corrected chi connectivity index (χ1v) is 11.4. The molecule has 1 unspecified atom stereocenters. The van der Waals surface area contributed by atoms with Crippen LogP contribution in [0, 0.1) is 0 Å². The number of carbonyl (C=O) groups is 3. The zero-order valence-electron chi connectivity index (χ0n) is 16.1. The molecule has 0 bridgehead atoms. The van der Waals surface area contributed by atoms with Crippen molar-refractivity contribution in [1.29, 1.82) is 0 Å². The quantitative estimate of drug-likeness (QED) is 0.242. The van der Waals surface area contributed by atoms with Crippen LogP contribution < -0.4 is 40.0 Å². The number of tetrazole rings is 1. The predicted molar refractivity (Wildman–Crippen MR) is 105 cm³/mol. The van der Waals surface area contributed by atoms with Gasteiger partial charge in [-0.2, -0.15) is 0 Å². The van der Waals surface area contributed by atoms with Crippen LogP contribution in [0.2, 0.25) is 0 Å². The number of β-lactam (4-membered cyclic amide) rings is 1. The minimum absolute atomic E-state index is 0. The summed E-state index contributed by atoms with van der Waals surface area (Å²) in [5.41, 5.74) is 0.445. The first-order chi connectivity index (χ1) is 14.0. The molecule has 4 heterocycles. The van der Waals surface area contributed by atoms with E-state index in [-0.39, 0.29) is 47.6 Å². The van der Waals surface area contributed by atoms with Gasteiger partial charge in [0.25, 0.3) is 5.91 Å². The van der Waals surface area contributed by atoms with Gasteiger partial charge in [0.05, 0.1) is 18.1 Å². The number of aryl methyl sites for hydroxylation is 1. The Balaban J connectivity index is 0.00000256. The maximum atomic E-state index is 12.6. The van der Waals surface area contributed by atoms with Gasteiger partial charge in [-0.3, -0.25) is 14.5 Å². The van der Waals surface area contributed by atoms with Gasteiger partial charge >= 0.3 is 29.6 Å². The molecular weight excluding hydrogens is 459 g/mol. The molecule has 30 heavy (non-hydrogen) atoms. The second-order valence-corrected chi connectivity index (χ2v) is 9.40. The van der Waals surface area contributed by atoms with Crippen LogP contribution in [-0.2, 0) is 27.9 Å². The van der Waals surface area contributed by atoms with E-state index in [1.165, 1.54) is 44.4 Å². The van der Waals surface area contributed by atoms with Crippen LogP contribution >= 0.6 is 34.9 Å². The average Bonchev–Trinajstić information content (AvgIpc) is 3.35. The Morgan fingerprint density at radius 1 is 1.43 bits per heavy atom. The number of nitrogens with one attached hydrogen (secondary N) is 1. The maximum Gasteiger partial charge on any atom is 1.00 e. The van der Waals surface area contributed by atoms with E-state index in [1.807, 2.05) is 17.5 Å². The Labute approximate surface area is 206 Å². The van der Waals surface area contributed by atoms with Crippen molar-refractivity contribution in [2.75, 3.05) is 11.5 Å². The number of thiophene rings is 1. The molecule has 1 saturated heterocycles. The Morgan fingerprint density at radius 2 is 2.23 bits per heavy atom. The van der Waals surface area contributed by atoms with E-state index in [0.29, 0.717) is 22.2 Å². The summed E-state index contributed by atoms with van der Waals surface area (Å²) in [6.45, 7) is 0. The molecule has 0 aliphatic carbocycles. The van der Waals surface area contributed by atoms with E-state index in [4.69, 9.17) is 0 Å². The van der Waals surface area contributed by atoms with Gasteiger partial charge in [0, 0.05) is 23.4 Å². The molecule has 0 aromatic carbocycles. The number of nitrogens with zero attached hydrogens (tertiary/aromatic N) is 5. The second kappa shape index (κ2) is 9.83. The third-order valence-electron chi connectivity index (χ3n) is 4.43. The molecule has 0 spiro atoms. The van der Waals surface area contributed by atoms with Crippen LogP contribution in [0.15, 0.2) is 33.9 Å². The SMILES string of the molecule is Cn1nnnc1SCC1=C(C(=O)[O-])N2C(=O)C(NC(=O)Cc3cccs3)[C@H]2SC1.[Na+]. The minimum Gasteiger partial charge on any atom is -0.543 e. The number of thioether (sulfide) groups is 2. The number of carboxylic acid groups (broad SMARTS) is 1. The number of hydrogen-bond donors (Lipinski definition) is 1. The fourth-order valence-corrected chi connectivity index (χ4v) is 6.11. The van der Waals surface area contributed by atoms with Gasteiger partial charge in [0.1, 0.15) is 11.4 Å². The molecule has 2 atom stereocenters. The van der Waals surface area contributed by atoms with Gasteiger partial charge in [0.15, 0.2) is 0 Å². The zero-order valence-corrected chi connectivity index (χ0v) is 20.6. The van der Waals surface area contributed by atoms with Crippen LogP contribution in [0.4, 0.5) is 0 Å². The second-order valence-electron chi connectivity index (χ2n) is 6.32.